The second kappa shape index (κ2) is 5.85. The zero-order valence-corrected chi connectivity index (χ0v) is 11.1. The van der Waals surface area contributed by atoms with E-state index < -0.39 is 0 Å². The molecule has 1 saturated carbocycles. The van der Waals surface area contributed by atoms with Crippen molar-refractivity contribution in [2.45, 2.75) is 39.2 Å². The van der Waals surface area contributed by atoms with E-state index in [2.05, 4.69) is 22.5 Å². The molecule has 0 spiro atoms. The highest BCUT2D eigenvalue weighted by molar-refractivity contribution is 5.92. The summed E-state index contributed by atoms with van der Waals surface area (Å²) in [7, 11) is 0. The lowest BCUT2D eigenvalue weighted by atomic mass is 10.1. The molecule has 2 atom stereocenters. The minimum Gasteiger partial charge on any atom is -0.370 e. The van der Waals surface area contributed by atoms with Crippen LogP contribution in [-0.4, -0.2) is 23.5 Å². The van der Waals surface area contributed by atoms with Crippen molar-refractivity contribution in [2.24, 2.45) is 5.92 Å². The number of hydrogen-bond donors (Lipinski definition) is 2. The molecule has 4 nitrogen and oxygen atoms in total. The lowest BCUT2D eigenvalue weighted by molar-refractivity contribution is 0.0932. The molecule has 1 aliphatic carbocycles. The van der Waals surface area contributed by atoms with E-state index in [1.54, 1.807) is 6.07 Å². The first-order valence-corrected chi connectivity index (χ1v) is 6.71. The summed E-state index contributed by atoms with van der Waals surface area (Å²) in [6.45, 7) is 5.04. The molecule has 2 rings (SSSR count). The van der Waals surface area contributed by atoms with Crippen LogP contribution in [0.15, 0.2) is 18.2 Å². The van der Waals surface area contributed by atoms with Crippen LogP contribution in [0.25, 0.3) is 0 Å². The fourth-order valence-corrected chi connectivity index (χ4v) is 2.44. The maximum Gasteiger partial charge on any atom is 0.270 e. The van der Waals surface area contributed by atoms with Crippen molar-refractivity contribution in [3.8, 4) is 0 Å². The van der Waals surface area contributed by atoms with Crippen LogP contribution in [0, 0.1) is 5.92 Å². The van der Waals surface area contributed by atoms with Gasteiger partial charge in [0.2, 0.25) is 0 Å². The molecular formula is C14H21N3O. The van der Waals surface area contributed by atoms with E-state index in [0.717, 1.165) is 31.1 Å². The van der Waals surface area contributed by atoms with Crippen LogP contribution in [0.3, 0.4) is 0 Å². The third-order valence-corrected chi connectivity index (χ3v) is 3.37. The molecule has 18 heavy (non-hydrogen) atoms. The topological polar surface area (TPSA) is 54.0 Å². The van der Waals surface area contributed by atoms with Crippen molar-refractivity contribution in [3.63, 3.8) is 0 Å². The van der Waals surface area contributed by atoms with Crippen LogP contribution < -0.4 is 10.6 Å². The van der Waals surface area contributed by atoms with Gasteiger partial charge < -0.3 is 10.6 Å². The van der Waals surface area contributed by atoms with Crippen molar-refractivity contribution >= 4 is 11.7 Å². The lowest BCUT2D eigenvalue weighted by Crippen LogP contribution is -2.33. The van der Waals surface area contributed by atoms with Gasteiger partial charge in [-0.05, 0) is 44.2 Å². The largest absolute Gasteiger partial charge is 0.370 e. The van der Waals surface area contributed by atoms with Gasteiger partial charge in [-0.3, -0.25) is 4.79 Å². The Hall–Kier alpha value is -1.58. The Labute approximate surface area is 108 Å². The van der Waals surface area contributed by atoms with Crippen molar-refractivity contribution in [1.82, 2.24) is 10.3 Å². The number of pyridine rings is 1. The molecule has 1 aliphatic rings. The van der Waals surface area contributed by atoms with Gasteiger partial charge in [-0.25, -0.2) is 4.98 Å². The monoisotopic (exact) mass is 247 g/mol. The molecule has 0 saturated heterocycles. The van der Waals surface area contributed by atoms with Crippen molar-refractivity contribution in [3.05, 3.63) is 23.9 Å². The average Bonchev–Trinajstić information content (AvgIpc) is 2.75. The summed E-state index contributed by atoms with van der Waals surface area (Å²) < 4.78 is 0. The first kappa shape index (κ1) is 12.9. The highest BCUT2D eigenvalue weighted by Gasteiger charge is 2.23. The van der Waals surface area contributed by atoms with Crippen LogP contribution in [0.5, 0.6) is 0 Å². The fraction of sp³-hybridized carbons (Fsp3) is 0.571. The number of rotatable bonds is 4. The molecule has 2 N–H and O–H groups in total. The van der Waals surface area contributed by atoms with Crippen molar-refractivity contribution < 1.29 is 4.79 Å². The Balaban J connectivity index is 1.97. The predicted molar refractivity (Wildman–Crippen MR) is 72.7 cm³/mol. The molecule has 1 fully saturated rings. The lowest BCUT2D eigenvalue weighted by Gasteiger charge is -2.12. The van der Waals surface area contributed by atoms with Gasteiger partial charge >= 0.3 is 0 Å². The number of carbonyl (C=O) groups excluding carboxylic acids is 1. The molecule has 0 bridgehead atoms. The molecule has 1 heterocycles. The number of nitrogens with zero attached hydrogens (tertiary/aromatic N) is 1. The Morgan fingerprint density at radius 3 is 2.94 bits per heavy atom. The molecule has 1 aromatic heterocycles. The minimum absolute atomic E-state index is 0.0612. The fourth-order valence-electron chi connectivity index (χ4n) is 2.44. The highest BCUT2D eigenvalue weighted by atomic mass is 16.1. The van der Waals surface area contributed by atoms with E-state index in [1.807, 2.05) is 19.1 Å². The van der Waals surface area contributed by atoms with Gasteiger partial charge in [-0.2, -0.15) is 0 Å². The number of aromatic nitrogens is 1. The highest BCUT2D eigenvalue weighted by Crippen LogP contribution is 2.24. The van der Waals surface area contributed by atoms with Crippen molar-refractivity contribution in [2.75, 3.05) is 11.9 Å². The van der Waals surface area contributed by atoms with Crippen LogP contribution in [0.4, 0.5) is 5.82 Å². The smallest absolute Gasteiger partial charge is 0.270 e. The van der Waals surface area contributed by atoms with Gasteiger partial charge in [0.05, 0.1) is 0 Å². The molecule has 1 aromatic rings. The first-order valence-electron chi connectivity index (χ1n) is 6.71. The molecule has 0 aromatic carbocycles. The second-order valence-corrected chi connectivity index (χ2v) is 5.03. The van der Waals surface area contributed by atoms with E-state index in [9.17, 15) is 4.79 Å². The number of amides is 1. The Morgan fingerprint density at radius 1 is 1.44 bits per heavy atom. The van der Waals surface area contributed by atoms with E-state index in [0.29, 0.717) is 11.7 Å². The molecule has 2 unspecified atom stereocenters. The standard InChI is InChI=1S/C14H21N3O/c1-3-15-13-6-4-5-12(17-13)14(18)16-11-8-7-10(2)9-11/h4-6,10-11H,3,7-9H2,1-2H3,(H,15,17)(H,16,18). The van der Waals surface area contributed by atoms with Gasteiger partial charge in [0.25, 0.3) is 5.91 Å². The Bertz CT molecular complexity index is 419. The van der Waals surface area contributed by atoms with Crippen molar-refractivity contribution in [1.29, 1.82) is 0 Å². The third-order valence-electron chi connectivity index (χ3n) is 3.37. The summed E-state index contributed by atoms with van der Waals surface area (Å²) in [4.78, 5) is 16.4. The van der Waals surface area contributed by atoms with Gasteiger partial charge in [0.15, 0.2) is 0 Å². The Morgan fingerprint density at radius 2 is 2.28 bits per heavy atom. The van der Waals surface area contributed by atoms with Crippen LogP contribution >= 0.6 is 0 Å². The average molecular weight is 247 g/mol. The van der Waals surface area contributed by atoms with E-state index in [1.165, 1.54) is 6.42 Å². The van der Waals surface area contributed by atoms with Gasteiger partial charge in [0.1, 0.15) is 11.5 Å². The number of carbonyl (C=O) groups is 1. The zero-order chi connectivity index (χ0) is 13.0. The van der Waals surface area contributed by atoms with Gasteiger partial charge in [0, 0.05) is 12.6 Å². The normalized spacial score (nSPS) is 22.8. The molecular weight excluding hydrogens is 226 g/mol. The number of anilines is 1. The molecule has 98 valence electrons. The van der Waals surface area contributed by atoms with E-state index >= 15 is 0 Å². The molecule has 1 amide bonds. The maximum atomic E-state index is 12.1. The maximum absolute atomic E-state index is 12.1. The van der Waals surface area contributed by atoms with E-state index in [4.69, 9.17) is 0 Å². The zero-order valence-electron chi connectivity index (χ0n) is 11.1. The summed E-state index contributed by atoms with van der Waals surface area (Å²) >= 11 is 0. The summed E-state index contributed by atoms with van der Waals surface area (Å²) in [6, 6.07) is 5.81. The van der Waals surface area contributed by atoms with Gasteiger partial charge in [-0.1, -0.05) is 13.0 Å². The number of hydrogen-bond acceptors (Lipinski definition) is 3. The molecule has 0 radical (unpaired) electrons. The molecule has 0 aliphatic heterocycles. The first-order chi connectivity index (χ1) is 8.69. The second-order valence-electron chi connectivity index (χ2n) is 5.03. The van der Waals surface area contributed by atoms with Crippen LogP contribution in [0.1, 0.15) is 43.6 Å². The van der Waals surface area contributed by atoms with Crippen LogP contribution in [0.2, 0.25) is 0 Å². The SMILES string of the molecule is CCNc1cccc(C(=O)NC2CCC(C)C2)n1. The quantitative estimate of drug-likeness (QED) is 0.859. The summed E-state index contributed by atoms with van der Waals surface area (Å²) in [5.41, 5.74) is 0.494. The summed E-state index contributed by atoms with van der Waals surface area (Å²) in [6.07, 6.45) is 3.37. The Kier molecular flexibility index (Phi) is 4.18. The molecule has 4 heteroatoms. The summed E-state index contributed by atoms with van der Waals surface area (Å²) in [5, 5.41) is 6.18. The summed E-state index contributed by atoms with van der Waals surface area (Å²) in [5.74, 6) is 1.41. The van der Waals surface area contributed by atoms with Gasteiger partial charge in [-0.15, -0.1) is 0 Å². The number of nitrogens with one attached hydrogen (secondary N) is 2. The van der Waals surface area contributed by atoms with Crippen LogP contribution in [-0.2, 0) is 0 Å². The predicted octanol–water partition coefficient (Wildman–Crippen LogP) is 2.43. The minimum atomic E-state index is -0.0612. The van der Waals surface area contributed by atoms with E-state index in [-0.39, 0.29) is 5.91 Å². The third kappa shape index (κ3) is 3.22.